The number of carboxylic acids is 1. The number of rotatable bonds is 5. The van der Waals surface area contributed by atoms with Gasteiger partial charge in [-0.15, -0.1) is 0 Å². The maximum Gasteiger partial charge on any atom is 0.304 e. The molecule has 0 unspecified atom stereocenters. The van der Waals surface area contributed by atoms with Gasteiger partial charge >= 0.3 is 5.97 Å². The van der Waals surface area contributed by atoms with E-state index in [1.807, 2.05) is 0 Å². The van der Waals surface area contributed by atoms with Crippen LogP contribution >= 0.6 is 0 Å². The zero-order valence-electron chi connectivity index (χ0n) is 10.4. The fourth-order valence-electron chi connectivity index (χ4n) is 1.95. The first-order valence-electron chi connectivity index (χ1n) is 6.07. The Bertz CT molecular complexity index is 563. The molecule has 0 radical (unpaired) electrons. The fourth-order valence-corrected chi connectivity index (χ4v) is 1.95. The van der Waals surface area contributed by atoms with Gasteiger partial charge in [0.1, 0.15) is 0 Å². The molecule has 0 atom stereocenters. The van der Waals surface area contributed by atoms with Crippen LogP contribution in [0.2, 0.25) is 0 Å². The smallest absolute Gasteiger partial charge is 0.304 e. The van der Waals surface area contributed by atoms with Gasteiger partial charge in [-0.1, -0.05) is 35.9 Å². The summed E-state index contributed by atoms with van der Waals surface area (Å²) in [6, 6.07) is 12.7. The highest BCUT2D eigenvalue weighted by Crippen LogP contribution is 2.17. The minimum absolute atomic E-state index is 0.159. The molecule has 0 saturated carbocycles. The van der Waals surface area contributed by atoms with Gasteiger partial charge in [-0.05, 0) is 29.3 Å². The average Bonchev–Trinajstić information content (AvgIpc) is 2.34. The van der Waals surface area contributed by atoms with E-state index in [0.29, 0.717) is 13.1 Å². The van der Waals surface area contributed by atoms with Crippen molar-refractivity contribution in [3.05, 3.63) is 47.5 Å². The topological polar surface area (TPSA) is 49.3 Å². The summed E-state index contributed by atoms with van der Waals surface area (Å²) in [6.45, 7) is 3.29. The standard InChI is InChI=1S/C15H17NO2/c1-11-2-4-14-9-12(3-5-13(14)8-11)10-16-7-6-15(17)18/h2-5,8-9,16H,6-7,10H2,1H3,(H,17,18). The number of aliphatic carboxylic acids is 1. The molecule has 3 nitrogen and oxygen atoms in total. The van der Waals surface area contributed by atoms with Gasteiger partial charge in [-0.2, -0.15) is 0 Å². The summed E-state index contributed by atoms with van der Waals surface area (Å²) in [5.74, 6) is -0.767. The van der Waals surface area contributed by atoms with Crippen molar-refractivity contribution in [3.8, 4) is 0 Å². The van der Waals surface area contributed by atoms with Crippen LogP contribution in [0.15, 0.2) is 36.4 Å². The molecular weight excluding hydrogens is 226 g/mol. The number of carboxylic acid groups (broad SMARTS) is 1. The second-order valence-corrected chi connectivity index (χ2v) is 4.51. The molecule has 2 rings (SSSR count). The number of nitrogens with one attached hydrogen (secondary N) is 1. The van der Waals surface area contributed by atoms with Crippen LogP contribution in [0.25, 0.3) is 10.8 Å². The summed E-state index contributed by atoms with van der Waals surface area (Å²) < 4.78 is 0. The van der Waals surface area contributed by atoms with Crippen molar-refractivity contribution in [3.63, 3.8) is 0 Å². The van der Waals surface area contributed by atoms with E-state index in [1.165, 1.54) is 21.9 Å². The van der Waals surface area contributed by atoms with E-state index in [0.717, 1.165) is 0 Å². The molecule has 18 heavy (non-hydrogen) atoms. The van der Waals surface area contributed by atoms with Crippen LogP contribution in [0.5, 0.6) is 0 Å². The third-order valence-electron chi connectivity index (χ3n) is 2.90. The molecule has 2 aromatic carbocycles. The Balaban J connectivity index is 2.01. The quantitative estimate of drug-likeness (QED) is 0.794. The lowest BCUT2D eigenvalue weighted by Crippen LogP contribution is -2.17. The lowest BCUT2D eigenvalue weighted by Gasteiger charge is -2.06. The highest BCUT2D eigenvalue weighted by atomic mass is 16.4. The molecule has 0 heterocycles. The summed E-state index contributed by atoms with van der Waals surface area (Å²) >= 11 is 0. The maximum atomic E-state index is 10.4. The van der Waals surface area contributed by atoms with E-state index in [4.69, 9.17) is 5.11 Å². The molecule has 0 spiro atoms. The van der Waals surface area contributed by atoms with E-state index < -0.39 is 5.97 Å². The van der Waals surface area contributed by atoms with E-state index in [1.54, 1.807) is 0 Å². The number of hydrogen-bond acceptors (Lipinski definition) is 2. The molecule has 2 aromatic rings. The molecule has 0 bridgehead atoms. The highest BCUT2D eigenvalue weighted by molar-refractivity contribution is 5.83. The van der Waals surface area contributed by atoms with Crippen molar-refractivity contribution >= 4 is 16.7 Å². The molecule has 0 aliphatic carbocycles. The van der Waals surface area contributed by atoms with Crippen molar-refractivity contribution < 1.29 is 9.90 Å². The van der Waals surface area contributed by atoms with Gasteiger partial charge < -0.3 is 10.4 Å². The summed E-state index contributed by atoms with van der Waals surface area (Å²) in [7, 11) is 0. The summed E-state index contributed by atoms with van der Waals surface area (Å²) in [5, 5.41) is 14.1. The first kappa shape index (κ1) is 12.6. The van der Waals surface area contributed by atoms with Gasteiger partial charge in [0.05, 0.1) is 6.42 Å². The Morgan fingerprint density at radius 1 is 1.17 bits per heavy atom. The lowest BCUT2D eigenvalue weighted by molar-refractivity contribution is -0.136. The third kappa shape index (κ3) is 3.31. The number of fused-ring (bicyclic) bond motifs is 1. The summed E-state index contributed by atoms with van der Waals surface area (Å²) in [5.41, 5.74) is 2.44. The molecule has 3 heteroatoms. The molecular formula is C15H17NO2. The summed E-state index contributed by atoms with van der Waals surface area (Å²) in [4.78, 5) is 10.4. The van der Waals surface area contributed by atoms with E-state index in [9.17, 15) is 4.79 Å². The Morgan fingerprint density at radius 2 is 1.89 bits per heavy atom. The van der Waals surface area contributed by atoms with Gasteiger partial charge in [0.25, 0.3) is 0 Å². The monoisotopic (exact) mass is 243 g/mol. The maximum absolute atomic E-state index is 10.4. The lowest BCUT2D eigenvalue weighted by atomic mass is 10.0. The molecule has 0 aliphatic heterocycles. The normalized spacial score (nSPS) is 10.7. The van der Waals surface area contributed by atoms with Crippen molar-refractivity contribution in [2.24, 2.45) is 0 Å². The molecule has 0 saturated heterocycles. The average molecular weight is 243 g/mol. The second kappa shape index (κ2) is 5.65. The zero-order chi connectivity index (χ0) is 13.0. The number of hydrogen-bond donors (Lipinski definition) is 2. The predicted octanol–water partition coefficient (Wildman–Crippen LogP) is 2.71. The Kier molecular flexibility index (Phi) is 3.95. The van der Waals surface area contributed by atoms with Crippen molar-refractivity contribution in [1.29, 1.82) is 0 Å². The minimum atomic E-state index is -0.767. The molecule has 0 amide bonds. The van der Waals surface area contributed by atoms with E-state index >= 15 is 0 Å². The van der Waals surface area contributed by atoms with Crippen molar-refractivity contribution in [1.82, 2.24) is 5.32 Å². The molecule has 94 valence electrons. The van der Waals surface area contributed by atoms with Crippen LogP contribution in [-0.4, -0.2) is 17.6 Å². The van der Waals surface area contributed by atoms with Gasteiger partial charge in [0, 0.05) is 13.1 Å². The van der Waals surface area contributed by atoms with E-state index in [-0.39, 0.29) is 6.42 Å². The summed E-state index contributed by atoms with van der Waals surface area (Å²) in [6.07, 6.45) is 0.159. The zero-order valence-corrected chi connectivity index (χ0v) is 10.4. The Labute approximate surface area is 106 Å². The van der Waals surface area contributed by atoms with E-state index in [2.05, 4.69) is 48.6 Å². The first-order valence-corrected chi connectivity index (χ1v) is 6.07. The number of aryl methyl sites for hydroxylation is 1. The van der Waals surface area contributed by atoms with Crippen LogP contribution in [-0.2, 0) is 11.3 Å². The van der Waals surface area contributed by atoms with Crippen LogP contribution in [0.1, 0.15) is 17.5 Å². The minimum Gasteiger partial charge on any atom is -0.481 e. The third-order valence-corrected chi connectivity index (χ3v) is 2.90. The molecule has 0 fully saturated rings. The Hall–Kier alpha value is -1.87. The van der Waals surface area contributed by atoms with Crippen LogP contribution < -0.4 is 5.32 Å². The molecule has 2 N–H and O–H groups in total. The first-order chi connectivity index (χ1) is 8.65. The number of carbonyl (C=O) groups is 1. The fraction of sp³-hybridized carbons (Fsp3) is 0.267. The van der Waals surface area contributed by atoms with Crippen molar-refractivity contribution in [2.45, 2.75) is 19.9 Å². The Morgan fingerprint density at radius 3 is 2.67 bits per heavy atom. The SMILES string of the molecule is Cc1ccc2cc(CNCCC(=O)O)ccc2c1. The number of benzene rings is 2. The highest BCUT2D eigenvalue weighted by Gasteiger charge is 1.99. The van der Waals surface area contributed by atoms with Crippen LogP contribution in [0, 0.1) is 6.92 Å². The second-order valence-electron chi connectivity index (χ2n) is 4.51. The van der Waals surface area contributed by atoms with Gasteiger partial charge in [-0.3, -0.25) is 4.79 Å². The largest absolute Gasteiger partial charge is 0.481 e. The van der Waals surface area contributed by atoms with Gasteiger partial charge in [0.15, 0.2) is 0 Å². The van der Waals surface area contributed by atoms with Crippen LogP contribution in [0.3, 0.4) is 0 Å². The van der Waals surface area contributed by atoms with Gasteiger partial charge in [-0.25, -0.2) is 0 Å². The molecule has 0 aromatic heterocycles. The predicted molar refractivity (Wildman–Crippen MR) is 72.6 cm³/mol. The van der Waals surface area contributed by atoms with Crippen molar-refractivity contribution in [2.75, 3.05) is 6.54 Å². The molecule has 0 aliphatic rings. The van der Waals surface area contributed by atoms with Gasteiger partial charge in [0.2, 0.25) is 0 Å². The van der Waals surface area contributed by atoms with Crippen LogP contribution in [0.4, 0.5) is 0 Å².